The molecule has 0 amide bonds. The molecule has 9 heteroatoms. The second kappa shape index (κ2) is 35.2. The Balaban J connectivity index is 2.32. The van der Waals surface area contributed by atoms with E-state index in [1.54, 1.807) is 6.92 Å². The standard InChI is InChI=1S/C44H84O9/c1-4-6-8-10-12-14-16-18-19-21-23-25-27-29-31-33-41(47)52-38(36-51-44-43(49)42(48)37(3)39(34-45)53-44)35-50-40(46)32-30-28-26-24-22-20-17-15-13-11-9-7-5-2/h37-39,42-45,48-49H,4-36H2,1-3H3. The second-order valence-electron chi connectivity index (χ2n) is 15.9. The van der Waals surface area contributed by atoms with Gasteiger partial charge in [0.25, 0.3) is 0 Å². The van der Waals surface area contributed by atoms with E-state index in [1.807, 2.05) is 0 Å². The number of ether oxygens (including phenoxy) is 4. The van der Waals surface area contributed by atoms with Crippen molar-refractivity contribution in [2.24, 2.45) is 5.92 Å². The predicted octanol–water partition coefficient (Wildman–Crippen LogP) is 10.3. The van der Waals surface area contributed by atoms with E-state index in [4.69, 9.17) is 18.9 Å². The van der Waals surface area contributed by atoms with Crippen molar-refractivity contribution in [2.75, 3.05) is 19.8 Å². The number of aliphatic hydroxyl groups is 3. The van der Waals surface area contributed by atoms with Crippen molar-refractivity contribution in [1.29, 1.82) is 0 Å². The van der Waals surface area contributed by atoms with Gasteiger partial charge in [0.05, 0.1) is 25.4 Å². The maximum atomic E-state index is 12.8. The number of carbonyl (C=O) groups is 2. The van der Waals surface area contributed by atoms with Crippen molar-refractivity contribution >= 4 is 11.9 Å². The van der Waals surface area contributed by atoms with Gasteiger partial charge in [-0.05, 0) is 12.8 Å². The van der Waals surface area contributed by atoms with Gasteiger partial charge in [-0.3, -0.25) is 9.59 Å². The van der Waals surface area contributed by atoms with Crippen LogP contribution >= 0.6 is 0 Å². The van der Waals surface area contributed by atoms with Gasteiger partial charge >= 0.3 is 11.9 Å². The first-order valence-corrected chi connectivity index (χ1v) is 22.4. The van der Waals surface area contributed by atoms with E-state index in [0.717, 1.165) is 38.5 Å². The van der Waals surface area contributed by atoms with Crippen molar-refractivity contribution in [2.45, 2.75) is 244 Å². The summed E-state index contributed by atoms with van der Waals surface area (Å²) in [5.41, 5.74) is 0. The summed E-state index contributed by atoms with van der Waals surface area (Å²) in [4.78, 5) is 25.3. The van der Waals surface area contributed by atoms with Crippen molar-refractivity contribution in [3.8, 4) is 0 Å². The lowest BCUT2D eigenvalue weighted by Crippen LogP contribution is -2.55. The fraction of sp³-hybridized carbons (Fsp3) is 0.955. The summed E-state index contributed by atoms with van der Waals surface area (Å²) in [6, 6.07) is 0. The number of unbranched alkanes of at least 4 members (excludes halogenated alkanes) is 26. The molecule has 0 saturated carbocycles. The third kappa shape index (κ3) is 27.1. The fourth-order valence-electron chi connectivity index (χ4n) is 7.16. The van der Waals surface area contributed by atoms with Crippen LogP contribution in [-0.2, 0) is 28.5 Å². The van der Waals surface area contributed by atoms with Crippen LogP contribution in [0.4, 0.5) is 0 Å². The van der Waals surface area contributed by atoms with Gasteiger partial charge < -0.3 is 34.3 Å². The first-order chi connectivity index (χ1) is 25.8. The smallest absolute Gasteiger partial charge is 0.306 e. The van der Waals surface area contributed by atoms with Crippen LogP contribution in [0, 0.1) is 5.92 Å². The second-order valence-corrected chi connectivity index (χ2v) is 15.9. The van der Waals surface area contributed by atoms with Crippen LogP contribution in [0.15, 0.2) is 0 Å². The third-order valence-corrected chi connectivity index (χ3v) is 10.9. The largest absolute Gasteiger partial charge is 0.462 e. The zero-order chi connectivity index (χ0) is 38.8. The van der Waals surface area contributed by atoms with Crippen LogP contribution in [0.5, 0.6) is 0 Å². The van der Waals surface area contributed by atoms with E-state index in [1.165, 1.54) is 141 Å². The van der Waals surface area contributed by atoms with E-state index < -0.39 is 36.6 Å². The minimum atomic E-state index is -1.33. The molecule has 6 unspecified atom stereocenters. The van der Waals surface area contributed by atoms with Crippen LogP contribution < -0.4 is 0 Å². The molecule has 1 rings (SSSR count). The Morgan fingerprint density at radius 1 is 0.547 bits per heavy atom. The van der Waals surface area contributed by atoms with Gasteiger partial charge in [-0.2, -0.15) is 0 Å². The lowest BCUT2D eigenvalue weighted by Gasteiger charge is -2.40. The highest BCUT2D eigenvalue weighted by Gasteiger charge is 2.42. The summed E-state index contributed by atoms with van der Waals surface area (Å²) in [7, 11) is 0. The molecule has 53 heavy (non-hydrogen) atoms. The normalized spacial score (nSPS) is 20.8. The summed E-state index contributed by atoms with van der Waals surface area (Å²) in [5, 5.41) is 30.6. The minimum Gasteiger partial charge on any atom is -0.462 e. The molecule has 1 saturated heterocycles. The Labute approximate surface area is 325 Å². The van der Waals surface area contributed by atoms with Crippen LogP contribution in [0.25, 0.3) is 0 Å². The summed E-state index contributed by atoms with van der Waals surface area (Å²) >= 11 is 0. The predicted molar refractivity (Wildman–Crippen MR) is 214 cm³/mol. The average Bonchev–Trinajstić information content (AvgIpc) is 3.15. The molecule has 0 aliphatic carbocycles. The summed E-state index contributed by atoms with van der Waals surface area (Å²) in [6.07, 6.45) is 30.0. The van der Waals surface area contributed by atoms with Gasteiger partial charge in [0, 0.05) is 18.8 Å². The maximum Gasteiger partial charge on any atom is 0.306 e. The zero-order valence-electron chi connectivity index (χ0n) is 34.6. The van der Waals surface area contributed by atoms with Gasteiger partial charge in [0.2, 0.25) is 0 Å². The SMILES string of the molecule is CCCCCCCCCCCCCCCCCC(=O)OC(COC(=O)CCCCCCCCCCCCCCC)COC1OC(CO)C(C)C(O)C1O. The van der Waals surface area contributed by atoms with Gasteiger partial charge in [-0.25, -0.2) is 0 Å². The van der Waals surface area contributed by atoms with Crippen LogP contribution in [0.3, 0.4) is 0 Å². The number of hydrogen-bond acceptors (Lipinski definition) is 9. The third-order valence-electron chi connectivity index (χ3n) is 10.9. The highest BCUT2D eigenvalue weighted by molar-refractivity contribution is 5.70. The molecule has 0 bridgehead atoms. The van der Waals surface area contributed by atoms with Crippen LogP contribution in [-0.4, -0.2) is 77.8 Å². The Kier molecular flexibility index (Phi) is 33.0. The van der Waals surface area contributed by atoms with E-state index in [-0.39, 0.29) is 38.2 Å². The highest BCUT2D eigenvalue weighted by Crippen LogP contribution is 2.27. The van der Waals surface area contributed by atoms with E-state index >= 15 is 0 Å². The Bertz CT molecular complexity index is 838. The number of carbonyl (C=O) groups excluding carboxylic acids is 2. The lowest BCUT2D eigenvalue weighted by atomic mass is 9.91. The number of rotatable bonds is 37. The molecular weight excluding hydrogens is 672 g/mol. The number of hydrogen-bond donors (Lipinski definition) is 3. The highest BCUT2D eigenvalue weighted by atomic mass is 16.7. The molecule has 6 atom stereocenters. The van der Waals surface area contributed by atoms with Gasteiger partial charge in [-0.15, -0.1) is 0 Å². The van der Waals surface area contributed by atoms with E-state index in [2.05, 4.69) is 13.8 Å². The summed E-state index contributed by atoms with van der Waals surface area (Å²) in [5.74, 6) is -1.20. The minimum absolute atomic E-state index is 0.160. The van der Waals surface area contributed by atoms with Gasteiger partial charge in [-0.1, -0.05) is 188 Å². The molecule has 9 nitrogen and oxygen atoms in total. The van der Waals surface area contributed by atoms with Crippen molar-refractivity contribution in [3.63, 3.8) is 0 Å². The van der Waals surface area contributed by atoms with E-state index in [9.17, 15) is 24.9 Å². The van der Waals surface area contributed by atoms with Crippen LogP contribution in [0.1, 0.15) is 213 Å². The number of esters is 2. The Morgan fingerprint density at radius 3 is 1.32 bits per heavy atom. The first-order valence-electron chi connectivity index (χ1n) is 22.4. The summed E-state index contributed by atoms with van der Waals surface area (Å²) in [6.45, 7) is 5.52. The van der Waals surface area contributed by atoms with Crippen molar-refractivity contribution in [3.05, 3.63) is 0 Å². The fourth-order valence-corrected chi connectivity index (χ4v) is 7.16. The molecule has 314 valence electrons. The Morgan fingerprint density at radius 2 is 0.925 bits per heavy atom. The molecule has 3 N–H and O–H groups in total. The molecule has 1 aliphatic heterocycles. The first kappa shape index (κ1) is 49.8. The molecular formula is C44H84O9. The molecule has 1 heterocycles. The summed E-state index contributed by atoms with van der Waals surface area (Å²) < 4.78 is 22.6. The molecule has 0 radical (unpaired) electrons. The molecule has 1 fully saturated rings. The van der Waals surface area contributed by atoms with Crippen LogP contribution in [0.2, 0.25) is 0 Å². The quantitative estimate of drug-likeness (QED) is 0.0419. The lowest BCUT2D eigenvalue weighted by molar-refractivity contribution is -0.293. The van der Waals surface area contributed by atoms with Crippen molar-refractivity contribution < 1.29 is 43.9 Å². The molecule has 0 aromatic carbocycles. The molecule has 0 aromatic heterocycles. The van der Waals surface area contributed by atoms with E-state index in [0.29, 0.717) is 6.42 Å². The van der Waals surface area contributed by atoms with Crippen molar-refractivity contribution in [1.82, 2.24) is 0 Å². The average molecular weight is 757 g/mol. The Hall–Kier alpha value is -1.26. The molecule has 1 aliphatic rings. The molecule has 0 aromatic rings. The monoisotopic (exact) mass is 757 g/mol. The van der Waals surface area contributed by atoms with Gasteiger partial charge in [0.15, 0.2) is 12.4 Å². The number of aliphatic hydroxyl groups excluding tert-OH is 3. The van der Waals surface area contributed by atoms with Gasteiger partial charge in [0.1, 0.15) is 12.7 Å². The molecule has 0 spiro atoms. The maximum absolute atomic E-state index is 12.8. The zero-order valence-corrected chi connectivity index (χ0v) is 34.6. The topological polar surface area (TPSA) is 132 Å².